The molecule has 0 rings (SSSR count). The minimum atomic E-state index is -8.52. The lowest BCUT2D eigenvalue weighted by molar-refractivity contribution is -0.444. The van der Waals surface area contributed by atoms with Crippen LogP contribution in [0.4, 0.5) is 70.2 Å². The van der Waals surface area contributed by atoms with Crippen molar-refractivity contribution >= 4 is 5.91 Å². The van der Waals surface area contributed by atoms with Gasteiger partial charge >= 0.3 is 47.9 Å². The molecule has 18 heteroatoms. The highest BCUT2D eigenvalue weighted by molar-refractivity contribution is 5.85. The van der Waals surface area contributed by atoms with Gasteiger partial charge < -0.3 is 4.90 Å². The third-order valence-corrected chi connectivity index (χ3v) is 7.78. The Bertz CT molecular complexity index is 891. The second-order valence-electron chi connectivity index (χ2n) is 11.6. The number of amides is 1. The zero-order chi connectivity index (χ0) is 37.0. The zero-order valence-electron chi connectivity index (χ0n) is 26.2. The number of hydrogen-bond donors (Lipinski definition) is 0. The average molecular weight is 726 g/mol. The van der Waals surface area contributed by atoms with Gasteiger partial charge in [-0.15, -0.1) is 0 Å². The molecule has 0 aliphatic carbocycles. The Morgan fingerprint density at radius 3 is 1.04 bits per heavy atom. The predicted molar refractivity (Wildman–Crippen MR) is 142 cm³/mol. The van der Waals surface area contributed by atoms with Crippen LogP contribution in [0.25, 0.3) is 0 Å². The number of alkyl halides is 16. The number of nitrogens with zero attached hydrogens (tertiary/aromatic N) is 1. The molecule has 0 heterocycles. The fourth-order valence-corrected chi connectivity index (χ4v) is 4.66. The van der Waals surface area contributed by atoms with Gasteiger partial charge in [0.1, 0.15) is 0 Å². The van der Waals surface area contributed by atoms with Crippen LogP contribution in [0.3, 0.4) is 0 Å². The molecule has 0 atom stereocenters. The molecular weight excluding hydrogens is 682 g/mol. The van der Waals surface area contributed by atoms with Gasteiger partial charge in [0.2, 0.25) is 0 Å². The van der Waals surface area contributed by atoms with Crippen molar-refractivity contribution in [2.45, 2.75) is 164 Å². The van der Waals surface area contributed by atoms with E-state index in [0.29, 0.717) is 25.7 Å². The van der Waals surface area contributed by atoms with Crippen LogP contribution in [0.5, 0.6) is 0 Å². The lowest BCUT2D eigenvalue weighted by Gasteiger charge is -2.42. The predicted octanol–water partition coefficient (Wildman–Crippen LogP) is 11.8. The fourth-order valence-electron chi connectivity index (χ4n) is 4.66. The van der Waals surface area contributed by atoms with Crippen molar-refractivity contribution in [3.8, 4) is 0 Å². The summed E-state index contributed by atoms with van der Waals surface area (Å²) in [6.07, 6.45) is 3.58. The van der Waals surface area contributed by atoms with Gasteiger partial charge in [-0.1, -0.05) is 104 Å². The van der Waals surface area contributed by atoms with Gasteiger partial charge in [0.15, 0.2) is 0 Å². The highest BCUT2D eigenvalue weighted by Crippen LogP contribution is 2.62. The van der Waals surface area contributed by atoms with E-state index in [1.54, 1.807) is 0 Å². The van der Waals surface area contributed by atoms with E-state index >= 15 is 0 Å². The van der Waals surface area contributed by atoms with Gasteiger partial charge in [0, 0.05) is 13.1 Å². The first-order chi connectivity index (χ1) is 21.4. The van der Waals surface area contributed by atoms with Crippen LogP contribution in [0.15, 0.2) is 0 Å². The largest absolute Gasteiger partial charge is 0.392 e. The number of unbranched alkanes of at least 4 members (excludes halogenated alkanes) is 14. The SMILES string of the molecule is CCCCCCCCCCN(CCCCCCCCCC)C(=O)C(F)(F)C(F)(F)C(F)(F)C(F)(F)C(F)(F)C(F)(F)C(F)(F)C(F)F. The summed E-state index contributed by atoms with van der Waals surface area (Å²) in [4.78, 5) is 12.5. The maximum Gasteiger partial charge on any atom is 0.392 e. The van der Waals surface area contributed by atoms with Crippen LogP contribution < -0.4 is 0 Å². The molecule has 0 fully saturated rings. The molecule has 0 aliphatic heterocycles. The first-order valence-electron chi connectivity index (χ1n) is 15.6. The molecule has 47 heavy (non-hydrogen) atoms. The van der Waals surface area contributed by atoms with Crippen LogP contribution >= 0.6 is 0 Å². The van der Waals surface area contributed by atoms with Crippen LogP contribution in [0.2, 0.25) is 0 Å². The molecule has 0 spiro atoms. The molecule has 0 aromatic heterocycles. The lowest BCUT2D eigenvalue weighted by Crippen LogP contribution is -2.74. The number of carbonyl (C=O) groups is 1. The first kappa shape index (κ1) is 45.3. The van der Waals surface area contributed by atoms with Crippen molar-refractivity contribution in [2.24, 2.45) is 0 Å². The zero-order valence-corrected chi connectivity index (χ0v) is 26.2. The van der Waals surface area contributed by atoms with Crippen LogP contribution in [0, 0.1) is 0 Å². The number of carbonyl (C=O) groups excluding carboxylic acids is 1. The molecule has 0 aromatic rings. The minimum absolute atomic E-state index is 0.0615. The van der Waals surface area contributed by atoms with Crippen molar-refractivity contribution in [3.63, 3.8) is 0 Å². The van der Waals surface area contributed by atoms with Crippen molar-refractivity contribution in [1.82, 2.24) is 4.90 Å². The summed E-state index contributed by atoms with van der Waals surface area (Å²) in [5.74, 6) is -59.1. The van der Waals surface area contributed by atoms with Gasteiger partial charge in [0.05, 0.1) is 0 Å². The molecule has 0 aromatic carbocycles. The Kier molecular flexibility index (Phi) is 17.7. The van der Waals surface area contributed by atoms with Gasteiger partial charge in [-0.2, -0.15) is 61.5 Å². The standard InChI is InChI=1S/C29H43F16NO/c1-3-5-7-9-11-13-15-17-19-46(20-18-16-14-12-10-8-6-4-2)22(47)24(34,35)26(38,39)28(42,43)29(44,45)27(40,41)25(36,37)23(32,33)21(30)31/h21H,3-20H2,1-2H3. The van der Waals surface area contributed by atoms with Gasteiger partial charge in [-0.05, 0) is 12.8 Å². The molecule has 282 valence electrons. The molecular formula is C29H43F16NO. The second-order valence-corrected chi connectivity index (χ2v) is 11.6. The van der Waals surface area contributed by atoms with Crippen molar-refractivity contribution in [3.05, 3.63) is 0 Å². The lowest BCUT2D eigenvalue weighted by atomic mass is 9.89. The summed E-state index contributed by atoms with van der Waals surface area (Å²) in [6.45, 7) is 2.35. The monoisotopic (exact) mass is 725 g/mol. The summed E-state index contributed by atoms with van der Waals surface area (Å²) in [6, 6.07) is 0. The number of halogens is 16. The fraction of sp³-hybridized carbons (Fsp3) is 0.966. The molecule has 0 radical (unpaired) electrons. The molecule has 0 N–H and O–H groups in total. The van der Waals surface area contributed by atoms with Crippen LogP contribution in [0.1, 0.15) is 117 Å². The summed E-state index contributed by atoms with van der Waals surface area (Å²) < 4.78 is 220. The van der Waals surface area contributed by atoms with Crippen LogP contribution in [-0.2, 0) is 4.79 Å². The Hall–Kier alpha value is -1.65. The quantitative estimate of drug-likeness (QED) is 0.0642. The van der Waals surface area contributed by atoms with Crippen molar-refractivity contribution < 1.29 is 75.0 Å². The Morgan fingerprint density at radius 2 is 0.723 bits per heavy atom. The second kappa shape index (κ2) is 18.4. The molecule has 0 unspecified atom stereocenters. The number of hydrogen-bond acceptors (Lipinski definition) is 1. The van der Waals surface area contributed by atoms with E-state index in [1.165, 1.54) is 0 Å². The van der Waals surface area contributed by atoms with E-state index < -0.39 is 66.9 Å². The average Bonchev–Trinajstić information content (AvgIpc) is 2.97. The molecule has 0 saturated carbocycles. The van der Waals surface area contributed by atoms with Crippen molar-refractivity contribution in [2.75, 3.05) is 13.1 Å². The van der Waals surface area contributed by atoms with E-state index in [4.69, 9.17) is 0 Å². The third kappa shape index (κ3) is 10.2. The molecule has 0 bridgehead atoms. The Balaban J connectivity index is 6.15. The number of rotatable bonds is 26. The molecule has 2 nitrogen and oxygen atoms in total. The van der Waals surface area contributed by atoms with E-state index in [2.05, 4.69) is 0 Å². The maximum atomic E-state index is 14.8. The molecule has 0 saturated heterocycles. The van der Waals surface area contributed by atoms with E-state index in [-0.39, 0.29) is 30.6 Å². The van der Waals surface area contributed by atoms with E-state index in [0.717, 1.165) is 51.4 Å². The minimum Gasteiger partial charge on any atom is -0.337 e. The van der Waals surface area contributed by atoms with Gasteiger partial charge in [-0.25, -0.2) is 8.78 Å². The van der Waals surface area contributed by atoms with Crippen LogP contribution in [-0.4, -0.2) is 71.8 Å². The summed E-state index contributed by atoms with van der Waals surface area (Å²) in [5.41, 5.74) is 0. The van der Waals surface area contributed by atoms with E-state index in [1.807, 2.05) is 13.8 Å². The Morgan fingerprint density at radius 1 is 0.447 bits per heavy atom. The topological polar surface area (TPSA) is 20.3 Å². The highest BCUT2D eigenvalue weighted by Gasteiger charge is 2.94. The highest BCUT2D eigenvalue weighted by atomic mass is 19.4. The third-order valence-electron chi connectivity index (χ3n) is 7.78. The first-order valence-corrected chi connectivity index (χ1v) is 15.6. The normalized spacial score (nSPS) is 14.3. The Labute approximate surface area is 264 Å². The molecule has 1 amide bonds. The summed E-state index contributed by atoms with van der Waals surface area (Å²) in [7, 11) is 0. The summed E-state index contributed by atoms with van der Waals surface area (Å²) in [5, 5.41) is 0. The van der Waals surface area contributed by atoms with E-state index in [9.17, 15) is 75.0 Å². The van der Waals surface area contributed by atoms with Crippen molar-refractivity contribution in [1.29, 1.82) is 0 Å². The van der Waals surface area contributed by atoms with Gasteiger partial charge in [-0.3, -0.25) is 4.79 Å². The maximum absolute atomic E-state index is 14.8. The molecule has 0 aliphatic rings. The van der Waals surface area contributed by atoms with Gasteiger partial charge in [0.25, 0.3) is 5.91 Å². The smallest absolute Gasteiger partial charge is 0.337 e. The summed E-state index contributed by atoms with van der Waals surface area (Å²) >= 11 is 0.